The number of quaternary nitrogens is 3. The fraction of sp³-hybridized carbons (Fsp3) is 1.00. The number of nitrogens with zero attached hydrogens (tertiary/aromatic N) is 3. The molecule has 0 spiro atoms. The van der Waals surface area contributed by atoms with Crippen LogP contribution in [0.25, 0.3) is 0 Å². The number of unbranched alkanes of at least 4 members (excludes halogenated alkanes) is 1. The van der Waals surface area contributed by atoms with Crippen LogP contribution in [0.3, 0.4) is 0 Å². The first-order valence-electron chi connectivity index (χ1n) is 20.4. The van der Waals surface area contributed by atoms with Crippen LogP contribution >= 0.6 is 0 Å². The van der Waals surface area contributed by atoms with Crippen molar-refractivity contribution < 1.29 is 40.6 Å². The molecule has 0 aliphatic rings. The van der Waals surface area contributed by atoms with Gasteiger partial charge < -0.3 is 40.6 Å². The summed E-state index contributed by atoms with van der Waals surface area (Å²) < 4.78 is 4.12. The maximum Gasteiger partial charge on any atom is 0.0783 e. The molecule has 0 amide bonds. The minimum absolute atomic E-state index is 0. The molecule has 46 heavy (non-hydrogen) atoms. The van der Waals surface area contributed by atoms with Gasteiger partial charge in [-0.3, -0.25) is 0 Å². The summed E-state index contributed by atoms with van der Waals surface area (Å²) >= 11 is 0. The van der Waals surface area contributed by atoms with E-state index in [1.165, 1.54) is 169 Å². The molecule has 0 saturated heterocycles. The maximum absolute atomic E-state index is 9.55. The zero-order valence-corrected chi connectivity index (χ0v) is 35.9. The first-order chi connectivity index (χ1) is 21.6. The van der Waals surface area contributed by atoms with E-state index in [-0.39, 0.29) is 30.2 Å². The van der Waals surface area contributed by atoms with Gasteiger partial charge >= 0.3 is 0 Å². The van der Waals surface area contributed by atoms with E-state index in [0.29, 0.717) is 12.8 Å². The molecule has 0 rings (SSSR count). The van der Waals surface area contributed by atoms with E-state index in [9.17, 15) is 10.2 Å². The zero-order valence-electron chi connectivity index (χ0n) is 34.3. The summed E-state index contributed by atoms with van der Waals surface area (Å²) in [5, 5.41) is 19.1. The molecule has 0 aliphatic heterocycles. The Balaban J connectivity index is -0.000000166. The van der Waals surface area contributed by atoms with Crippen molar-refractivity contribution in [3.63, 3.8) is 0 Å². The van der Waals surface area contributed by atoms with Gasteiger partial charge in [0.15, 0.2) is 0 Å². The summed E-state index contributed by atoms with van der Waals surface area (Å²) in [5.74, 6) is 0. The predicted octanol–water partition coefficient (Wildman–Crippen LogP) is 5.82. The Kier molecular flexibility index (Phi) is 50.2. The maximum atomic E-state index is 9.55. The molecular weight excluding hydrogens is 634 g/mol. The lowest BCUT2D eigenvalue weighted by Gasteiger charge is -2.38. The third-order valence-corrected chi connectivity index (χ3v) is 8.91. The van der Waals surface area contributed by atoms with Crippen LogP contribution in [0.1, 0.15) is 173 Å². The summed E-state index contributed by atoms with van der Waals surface area (Å²) in [4.78, 5) is 0. The van der Waals surface area contributed by atoms with Gasteiger partial charge in [-0.1, -0.05) is 95.9 Å². The summed E-state index contributed by atoms with van der Waals surface area (Å²) in [6.45, 7) is 44.2. The van der Waals surface area contributed by atoms with Crippen LogP contribution in [0, 0.1) is 0 Å². The zero-order chi connectivity index (χ0) is 35.3. The summed E-state index contributed by atoms with van der Waals surface area (Å²) in [5.41, 5.74) is 0. The molecule has 0 N–H and O–H groups in total. The highest BCUT2D eigenvalue weighted by Crippen LogP contribution is 2.14. The molecule has 0 aromatic carbocycles. The topological polar surface area (TPSA) is 46.1 Å². The van der Waals surface area contributed by atoms with Crippen LogP contribution in [0.5, 0.6) is 0 Å². The third kappa shape index (κ3) is 31.5. The lowest BCUT2D eigenvalue weighted by atomic mass is 10.2. The molecule has 6 heteroatoms. The molecule has 0 bridgehead atoms. The molecule has 5 nitrogen and oxygen atoms in total. The standard InChI is InChI=1S/3C12H28N.C4H8O2.BrH/c3*1-5-9-13(10-6-2,11-7-3)12-8-4;5-3-1-2-4-6;/h3*5-12H2,1-4H3;1-4H2;1H/q3*+1;-2;/p-1. The normalized spacial score (nSPS) is 11.3. The van der Waals surface area contributed by atoms with Crippen LogP contribution < -0.4 is 27.2 Å². The number of halogens is 1. The van der Waals surface area contributed by atoms with Gasteiger partial charge in [-0.05, 0) is 77.0 Å². The molecule has 286 valence electrons. The Morgan fingerprint density at radius 2 is 0.370 bits per heavy atom. The van der Waals surface area contributed by atoms with Gasteiger partial charge in [-0.15, -0.1) is 13.2 Å². The Bertz CT molecular complexity index is 378. The Hall–Kier alpha value is 0.280. The average Bonchev–Trinajstić information content (AvgIpc) is 2.99. The monoisotopic (exact) mass is 726 g/mol. The molecule has 0 saturated carbocycles. The van der Waals surface area contributed by atoms with Gasteiger partial charge in [-0.25, -0.2) is 0 Å². The lowest BCUT2D eigenvalue weighted by molar-refractivity contribution is -0.928. The molecule has 0 radical (unpaired) electrons. The highest BCUT2D eigenvalue weighted by atomic mass is 79.9. The van der Waals surface area contributed by atoms with Crippen LogP contribution in [-0.2, 0) is 0 Å². The smallest absolute Gasteiger partial charge is 0.0783 e. The van der Waals surface area contributed by atoms with Crippen molar-refractivity contribution >= 4 is 0 Å². The van der Waals surface area contributed by atoms with Gasteiger partial charge in [0, 0.05) is 0 Å². The van der Waals surface area contributed by atoms with Crippen molar-refractivity contribution in [2.24, 2.45) is 0 Å². The molecule has 0 fully saturated rings. The van der Waals surface area contributed by atoms with Crippen LogP contribution in [0.15, 0.2) is 0 Å². The Morgan fingerprint density at radius 1 is 0.261 bits per heavy atom. The molecule has 0 aromatic heterocycles. The first kappa shape index (κ1) is 55.7. The van der Waals surface area contributed by atoms with E-state index in [1.807, 2.05) is 0 Å². The van der Waals surface area contributed by atoms with Crippen LogP contribution in [-0.4, -0.2) is 105 Å². The van der Waals surface area contributed by atoms with Crippen molar-refractivity contribution in [1.29, 1.82) is 0 Å². The molecule has 0 aliphatic carbocycles. The summed E-state index contributed by atoms with van der Waals surface area (Å²) in [6.07, 6.45) is 17.1. The minimum atomic E-state index is -0.0950. The minimum Gasteiger partial charge on any atom is -1.00 e. The van der Waals surface area contributed by atoms with Crippen molar-refractivity contribution in [2.45, 2.75) is 173 Å². The molecule has 0 aromatic rings. The third-order valence-electron chi connectivity index (χ3n) is 8.91. The highest BCUT2D eigenvalue weighted by Gasteiger charge is 2.24. The fourth-order valence-electron chi connectivity index (χ4n) is 7.91. The quantitative estimate of drug-likeness (QED) is 0.0792. The second-order valence-electron chi connectivity index (χ2n) is 13.8. The summed E-state index contributed by atoms with van der Waals surface area (Å²) in [7, 11) is 0. The molecule has 0 unspecified atom stereocenters. The van der Waals surface area contributed by atoms with Gasteiger partial charge in [0.1, 0.15) is 0 Å². The summed E-state index contributed by atoms with van der Waals surface area (Å²) in [6, 6.07) is 0. The fourth-order valence-corrected chi connectivity index (χ4v) is 7.91. The van der Waals surface area contributed by atoms with Crippen molar-refractivity contribution in [3.8, 4) is 0 Å². The van der Waals surface area contributed by atoms with Crippen molar-refractivity contribution in [2.75, 3.05) is 91.8 Å². The Morgan fingerprint density at radius 3 is 0.435 bits per heavy atom. The van der Waals surface area contributed by atoms with Gasteiger partial charge in [0.25, 0.3) is 0 Å². The number of rotatable bonds is 27. The second kappa shape index (κ2) is 41.5. The molecular formula is C40H92BrN3O2. The van der Waals surface area contributed by atoms with E-state index in [0.717, 1.165) is 0 Å². The van der Waals surface area contributed by atoms with E-state index in [2.05, 4.69) is 83.1 Å². The second-order valence-corrected chi connectivity index (χ2v) is 13.8. The number of hydrogen-bond donors (Lipinski definition) is 0. The number of hydrogen-bond acceptors (Lipinski definition) is 2. The molecule has 0 heterocycles. The van der Waals surface area contributed by atoms with E-state index in [1.54, 1.807) is 0 Å². The van der Waals surface area contributed by atoms with Crippen molar-refractivity contribution in [1.82, 2.24) is 0 Å². The van der Waals surface area contributed by atoms with E-state index in [4.69, 9.17) is 0 Å². The lowest BCUT2D eigenvalue weighted by Crippen LogP contribution is -3.00. The van der Waals surface area contributed by atoms with Gasteiger partial charge in [-0.2, -0.15) is 0 Å². The first-order valence-corrected chi connectivity index (χ1v) is 20.4. The largest absolute Gasteiger partial charge is 1.00 e. The van der Waals surface area contributed by atoms with Crippen LogP contribution in [0.2, 0.25) is 0 Å². The Labute approximate surface area is 304 Å². The molecule has 0 atom stereocenters. The van der Waals surface area contributed by atoms with E-state index < -0.39 is 0 Å². The average molecular weight is 727 g/mol. The highest BCUT2D eigenvalue weighted by molar-refractivity contribution is 4.46. The van der Waals surface area contributed by atoms with E-state index >= 15 is 0 Å². The van der Waals surface area contributed by atoms with Crippen LogP contribution in [0.4, 0.5) is 0 Å². The van der Waals surface area contributed by atoms with Crippen molar-refractivity contribution in [3.05, 3.63) is 0 Å². The predicted molar refractivity (Wildman–Crippen MR) is 202 cm³/mol. The SMILES string of the molecule is CCC[N+](CCC)(CCC)CCC.CCC[N+](CCC)(CCC)CCC.CCC[N+](CCC)(CCC)CCC.[Br-].[O-]CCCC[O-]. The van der Waals surface area contributed by atoms with Gasteiger partial charge in [0.2, 0.25) is 0 Å². The van der Waals surface area contributed by atoms with Gasteiger partial charge in [0.05, 0.1) is 78.5 Å².